The van der Waals surface area contributed by atoms with Crippen molar-refractivity contribution >= 4 is 22.9 Å². The van der Waals surface area contributed by atoms with Crippen molar-refractivity contribution in [3.63, 3.8) is 0 Å². The molecule has 0 aliphatic carbocycles. The highest BCUT2D eigenvalue weighted by Crippen LogP contribution is 2.24. The average Bonchev–Trinajstić information content (AvgIpc) is 3.26. The Morgan fingerprint density at radius 2 is 2.15 bits per heavy atom. The fraction of sp³-hybridized carbons (Fsp3) is 0.350. The van der Waals surface area contributed by atoms with Gasteiger partial charge in [-0.2, -0.15) is 0 Å². The molecule has 0 spiro atoms. The Morgan fingerprint density at radius 3 is 2.96 bits per heavy atom. The third kappa shape index (κ3) is 3.09. The van der Waals surface area contributed by atoms with Crippen molar-refractivity contribution in [1.82, 2.24) is 19.0 Å². The third-order valence-electron chi connectivity index (χ3n) is 5.25. The standard InChI is InChI=1S/C20H23N5O2/c1-3-14-6-4-7-15(12-14)22-19(26)24-11-9-16(13-24)25-18-17(8-5-10-21-18)23(2)20(25)27/h4-8,10,12,16H,3,9,11,13H2,1-2H3,(H,22,26)/t16-/m1/s1. The number of nitrogens with one attached hydrogen (secondary N) is 1. The van der Waals surface area contributed by atoms with Crippen LogP contribution < -0.4 is 11.0 Å². The van der Waals surface area contributed by atoms with Crippen molar-refractivity contribution in [3.05, 3.63) is 58.6 Å². The van der Waals surface area contributed by atoms with Gasteiger partial charge in [-0.05, 0) is 42.7 Å². The molecule has 4 rings (SSSR count). The molecule has 3 heterocycles. The minimum Gasteiger partial charge on any atom is -0.322 e. The highest BCUT2D eigenvalue weighted by molar-refractivity contribution is 5.89. The molecule has 0 radical (unpaired) electrons. The number of carbonyl (C=O) groups excluding carboxylic acids is 1. The van der Waals surface area contributed by atoms with Crippen LogP contribution in [0, 0.1) is 0 Å². The van der Waals surface area contributed by atoms with E-state index in [1.54, 1.807) is 27.3 Å². The summed E-state index contributed by atoms with van der Waals surface area (Å²) in [5.74, 6) is 0. The maximum Gasteiger partial charge on any atom is 0.330 e. The summed E-state index contributed by atoms with van der Waals surface area (Å²) < 4.78 is 3.33. The first-order chi connectivity index (χ1) is 13.1. The maximum atomic E-state index is 12.7. The van der Waals surface area contributed by atoms with Crippen LogP contribution in [0.1, 0.15) is 24.9 Å². The lowest BCUT2D eigenvalue weighted by Crippen LogP contribution is -2.34. The Labute approximate surface area is 157 Å². The minimum atomic E-state index is -0.132. The van der Waals surface area contributed by atoms with Crippen molar-refractivity contribution in [2.75, 3.05) is 18.4 Å². The molecule has 140 valence electrons. The summed E-state index contributed by atoms with van der Waals surface area (Å²) in [5, 5.41) is 2.97. The summed E-state index contributed by atoms with van der Waals surface area (Å²) >= 11 is 0. The summed E-state index contributed by atoms with van der Waals surface area (Å²) in [6.45, 7) is 3.19. The number of imidazole rings is 1. The number of anilines is 1. The summed E-state index contributed by atoms with van der Waals surface area (Å²) in [7, 11) is 1.75. The molecule has 2 aromatic heterocycles. The lowest BCUT2D eigenvalue weighted by molar-refractivity contribution is 0.221. The molecule has 27 heavy (non-hydrogen) atoms. The molecule has 1 aliphatic rings. The Hall–Kier alpha value is -3.09. The third-order valence-corrected chi connectivity index (χ3v) is 5.25. The second-order valence-electron chi connectivity index (χ2n) is 6.93. The molecule has 0 bridgehead atoms. The van der Waals surface area contributed by atoms with Gasteiger partial charge in [0, 0.05) is 32.0 Å². The number of urea groups is 1. The monoisotopic (exact) mass is 365 g/mol. The number of hydrogen-bond donors (Lipinski definition) is 1. The van der Waals surface area contributed by atoms with Crippen LogP contribution in [0.15, 0.2) is 47.4 Å². The van der Waals surface area contributed by atoms with Gasteiger partial charge in [-0.3, -0.25) is 9.13 Å². The summed E-state index contributed by atoms with van der Waals surface area (Å²) in [4.78, 5) is 31.5. The molecule has 0 saturated carbocycles. The molecular weight excluding hydrogens is 342 g/mol. The minimum absolute atomic E-state index is 0.0659. The summed E-state index contributed by atoms with van der Waals surface area (Å²) in [6, 6.07) is 11.4. The van der Waals surface area contributed by atoms with E-state index < -0.39 is 0 Å². The lowest BCUT2D eigenvalue weighted by atomic mass is 10.1. The number of nitrogens with zero attached hydrogens (tertiary/aromatic N) is 4. The number of likely N-dealkylation sites (tertiary alicyclic amines) is 1. The van der Waals surface area contributed by atoms with Crippen molar-refractivity contribution in [2.45, 2.75) is 25.8 Å². The first-order valence-corrected chi connectivity index (χ1v) is 9.25. The quantitative estimate of drug-likeness (QED) is 0.776. The highest BCUT2D eigenvalue weighted by atomic mass is 16.2. The Kier molecular flexibility index (Phi) is 4.43. The number of carbonyl (C=O) groups is 1. The zero-order chi connectivity index (χ0) is 19.0. The first kappa shape index (κ1) is 17.3. The van der Waals surface area contributed by atoms with Crippen LogP contribution >= 0.6 is 0 Å². The van der Waals surface area contributed by atoms with Gasteiger partial charge in [-0.1, -0.05) is 19.1 Å². The van der Waals surface area contributed by atoms with Crippen LogP contribution in [0.2, 0.25) is 0 Å². The van der Waals surface area contributed by atoms with Crippen LogP contribution in [0.3, 0.4) is 0 Å². The highest BCUT2D eigenvalue weighted by Gasteiger charge is 2.30. The van der Waals surface area contributed by atoms with Crippen molar-refractivity contribution < 1.29 is 4.79 Å². The van der Waals surface area contributed by atoms with E-state index in [9.17, 15) is 9.59 Å². The number of rotatable bonds is 3. The fourth-order valence-electron chi connectivity index (χ4n) is 3.73. The number of pyridine rings is 1. The van der Waals surface area contributed by atoms with Gasteiger partial charge in [0.15, 0.2) is 5.65 Å². The molecule has 3 aromatic rings. The van der Waals surface area contributed by atoms with Gasteiger partial charge >= 0.3 is 11.7 Å². The number of aromatic nitrogens is 3. The van der Waals surface area contributed by atoms with Gasteiger partial charge in [-0.25, -0.2) is 14.6 Å². The SMILES string of the molecule is CCc1cccc(NC(=O)N2CC[C@@H](n3c(=O)n(C)c4cccnc43)C2)c1. The van der Waals surface area contributed by atoms with E-state index in [0.717, 1.165) is 24.0 Å². The normalized spacial score (nSPS) is 16.8. The van der Waals surface area contributed by atoms with Gasteiger partial charge in [0.05, 0.1) is 11.6 Å². The molecule has 1 aromatic carbocycles. The van der Waals surface area contributed by atoms with Crippen LogP contribution in [0.25, 0.3) is 11.2 Å². The number of benzene rings is 1. The van der Waals surface area contributed by atoms with Crippen LogP contribution in [0.5, 0.6) is 0 Å². The van der Waals surface area contributed by atoms with E-state index in [2.05, 4.69) is 17.2 Å². The molecule has 1 saturated heterocycles. The van der Waals surface area contributed by atoms with Crippen LogP contribution in [-0.2, 0) is 13.5 Å². The molecule has 1 atom stereocenters. The molecule has 1 aliphatic heterocycles. The predicted octanol–water partition coefficient (Wildman–Crippen LogP) is 2.78. The fourth-order valence-corrected chi connectivity index (χ4v) is 3.73. The lowest BCUT2D eigenvalue weighted by Gasteiger charge is -2.18. The number of aryl methyl sites for hydroxylation is 2. The van der Waals surface area contributed by atoms with E-state index in [1.165, 1.54) is 5.56 Å². The molecule has 1 fully saturated rings. The van der Waals surface area contributed by atoms with Gasteiger partial charge in [0.25, 0.3) is 0 Å². The summed E-state index contributed by atoms with van der Waals surface area (Å²) in [6.07, 6.45) is 3.35. The second-order valence-corrected chi connectivity index (χ2v) is 6.93. The topological polar surface area (TPSA) is 72.2 Å². The molecule has 7 heteroatoms. The first-order valence-electron chi connectivity index (χ1n) is 9.25. The van der Waals surface area contributed by atoms with E-state index in [4.69, 9.17) is 0 Å². The zero-order valence-corrected chi connectivity index (χ0v) is 15.6. The van der Waals surface area contributed by atoms with Crippen LogP contribution in [-0.4, -0.2) is 38.1 Å². The van der Waals surface area contributed by atoms with Gasteiger partial charge < -0.3 is 10.2 Å². The second kappa shape index (κ2) is 6.90. The smallest absolute Gasteiger partial charge is 0.322 e. The molecule has 2 amide bonds. The molecule has 0 unspecified atom stereocenters. The van der Waals surface area contributed by atoms with E-state index >= 15 is 0 Å². The van der Waals surface area contributed by atoms with E-state index in [0.29, 0.717) is 18.7 Å². The number of amides is 2. The van der Waals surface area contributed by atoms with Gasteiger partial charge in [0.1, 0.15) is 0 Å². The summed E-state index contributed by atoms with van der Waals surface area (Å²) in [5.41, 5.74) is 3.37. The van der Waals surface area contributed by atoms with E-state index in [1.807, 2.05) is 36.4 Å². The maximum absolute atomic E-state index is 12.7. The van der Waals surface area contributed by atoms with Crippen molar-refractivity contribution in [2.24, 2.45) is 7.05 Å². The predicted molar refractivity (Wildman–Crippen MR) is 105 cm³/mol. The van der Waals surface area contributed by atoms with Crippen LogP contribution in [0.4, 0.5) is 10.5 Å². The molecule has 1 N–H and O–H groups in total. The molecule has 7 nitrogen and oxygen atoms in total. The number of fused-ring (bicyclic) bond motifs is 1. The largest absolute Gasteiger partial charge is 0.330 e. The zero-order valence-electron chi connectivity index (χ0n) is 15.6. The van der Waals surface area contributed by atoms with Crippen molar-refractivity contribution in [3.8, 4) is 0 Å². The Bertz CT molecular complexity index is 1050. The van der Waals surface area contributed by atoms with Gasteiger partial charge in [-0.15, -0.1) is 0 Å². The average molecular weight is 365 g/mol. The van der Waals surface area contributed by atoms with E-state index in [-0.39, 0.29) is 17.8 Å². The van der Waals surface area contributed by atoms with Crippen molar-refractivity contribution in [1.29, 1.82) is 0 Å². The molecular formula is C20H23N5O2. The Balaban J connectivity index is 1.53. The Morgan fingerprint density at radius 1 is 1.30 bits per heavy atom. The number of hydrogen-bond acceptors (Lipinski definition) is 3. The van der Waals surface area contributed by atoms with Gasteiger partial charge in [0.2, 0.25) is 0 Å².